The molecular weight excluding hydrogens is 206 g/mol. The van der Waals surface area contributed by atoms with Gasteiger partial charge in [0.2, 0.25) is 0 Å². The summed E-state index contributed by atoms with van der Waals surface area (Å²) in [6, 6.07) is 1.70. The van der Waals surface area contributed by atoms with E-state index in [1.807, 2.05) is 27.7 Å². The number of ether oxygens (including phenoxy) is 1. The minimum atomic E-state index is -1.02. The van der Waals surface area contributed by atoms with Crippen molar-refractivity contribution in [2.24, 2.45) is 0 Å². The maximum atomic E-state index is 10.9. The minimum absolute atomic E-state index is 0.106. The molecule has 0 unspecified atom stereocenters. The predicted octanol–water partition coefficient (Wildman–Crippen LogP) is 2.48. The Kier molecular flexibility index (Phi) is 3.52. The second-order valence-electron chi connectivity index (χ2n) is 4.55. The van der Waals surface area contributed by atoms with Crippen molar-refractivity contribution < 1.29 is 14.6 Å². The number of hydrogen-bond donors (Lipinski definition) is 1. The zero-order valence-corrected chi connectivity index (χ0v) is 10.1. The van der Waals surface area contributed by atoms with Gasteiger partial charge in [-0.05, 0) is 6.92 Å². The van der Waals surface area contributed by atoms with Gasteiger partial charge in [-0.15, -0.1) is 0 Å². The van der Waals surface area contributed by atoms with E-state index in [-0.39, 0.29) is 11.0 Å². The molecule has 0 atom stereocenters. The molecule has 0 amide bonds. The predicted molar refractivity (Wildman–Crippen MR) is 61.1 cm³/mol. The Balaban J connectivity index is 3.22. The first-order valence-electron chi connectivity index (χ1n) is 5.23. The van der Waals surface area contributed by atoms with Crippen molar-refractivity contribution in [3.63, 3.8) is 0 Å². The zero-order valence-electron chi connectivity index (χ0n) is 10.1. The second-order valence-corrected chi connectivity index (χ2v) is 4.55. The van der Waals surface area contributed by atoms with Gasteiger partial charge in [-0.1, -0.05) is 20.8 Å². The highest BCUT2D eigenvalue weighted by Gasteiger charge is 2.20. The van der Waals surface area contributed by atoms with E-state index in [0.29, 0.717) is 12.4 Å². The summed E-state index contributed by atoms with van der Waals surface area (Å²) in [4.78, 5) is 15.1. The number of nitrogens with zero attached hydrogens (tertiary/aromatic N) is 1. The van der Waals surface area contributed by atoms with Crippen molar-refractivity contribution in [3.8, 4) is 5.75 Å². The van der Waals surface area contributed by atoms with Gasteiger partial charge in [0.15, 0.2) is 0 Å². The van der Waals surface area contributed by atoms with Crippen molar-refractivity contribution in [2.45, 2.75) is 33.1 Å². The first-order valence-corrected chi connectivity index (χ1v) is 5.23. The fourth-order valence-corrected chi connectivity index (χ4v) is 1.28. The normalized spacial score (nSPS) is 11.2. The number of aromatic nitrogens is 1. The Morgan fingerprint density at radius 1 is 1.50 bits per heavy atom. The molecule has 1 aromatic heterocycles. The number of hydrogen-bond acceptors (Lipinski definition) is 3. The van der Waals surface area contributed by atoms with Crippen molar-refractivity contribution in [1.29, 1.82) is 0 Å². The lowest BCUT2D eigenvalue weighted by Gasteiger charge is -2.19. The third-order valence-corrected chi connectivity index (χ3v) is 2.16. The highest BCUT2D eigenvalue weighted by atomic mass is 16.5. The summed E-state index contributed by atoms with van der Waals surface area (Å²) in [7, 11) is 0. The van der Waals surface area contributed by atoms with Crippen molar-refractivity contribution in [1.82, 2.24) is 4.98 Å². The molecule has 88 valence electrons. The topological polar surface area (TPSA) is 59.4 Å². The molecule has 0 radical (unpaired) electrons. The van der Waals surface area contributed by atoms with Gasteiger partial charge in [0.25, 0.3) is 0 Å². The summed E-state index contributed by atoms with van der Waals surface area (Å²) in [6.45, 7) is 8.32. The van der Waals surface area contributed by atoms with Crippen LogP contribution < -0.4 is 4.74 Å². The van der Waals surface area contributed by atoms with Gasteiger partial charge in [-0.3, -0.25) is 4.98 Å². The molecule has 0 saturated carbocycles. The Morgan fingerprint density at radius 2 is 2.12 bits per heavy atom. The smallest absolute Gasteiger partial charge is 0.341 e. The van der Waals surface area contributed by atoms with Gasteiger partial charge in [0.05, 0.1) is 6.61 Å². The van der Waals surface area contributed by atoms with Crippen LogP contribution in [0, 0.1) is 0 Å². The molecule has 0 aliphatic heterocycles. The van der Waals surface area contributed by atoms with Crippen LogP contribution in [-0.4, -0.2) is 22.7 Å². The van der Waals surface area contributed by atoms with Crippen LogP contribution in [0.15, 0.2) is 12.3 Å². The Bertz CT molecular complexity index is 394. The summed E-state index contributed by atoms with van der Waals surface area (Å²) >= 11 is 0. The van der Waals surface area contributed by atoms with Gasteiger partial charge < -0.3 is 9.84 Å². The molecule has 0 aliphatic rings. The SMILES string of the molecule is CCOc1cc(C(C)(C)C)ncc1C(=O)O. The summed E-state index contributed by atoms with van der Waals surface area (Å²) < 4.78 is 5.31. The number of carbonyl (C=O) groups is 1. The molecule has 1 N–H and O–H groups in total. The van der Waals surface area contributed by atoms with Gasteiger partial charge >= 0.3 is 5.97 Å². The van der Waals surface area contributed by atoms with E-state index in [9.17, 15) is 4.79 Å². The van der Waals surface area contributed by atoms with Crippen LogP contribution in [0.3, 0.4) is 0 Å². The number of carboxylic acid groups (broad SMARTS) is 1. The maximum Gasteiger partial charge on any atom is 0.341 e. The Hall–Kier alpha value is -1.58. The van der Waals surface area contributed by atoms with Gasteiger partial charge in [0, 0.05) is 23.4 Å². The highest BCUT2D eigenvalue weighted by Crippen LogP contribution is 2.26. The van der Waals surface area contributed by atoms with Crippen LogP contribution in [0.1, 0.15) is 43.7 Å². The fraction of sp³-hybridized carbons (Fsp3) is 0.500. The molecule has 1 aromatic rings. The Morgan fingerprint density at radius 3 is 2.56 bits per heavy atom. The van der Waals surface area contributed by atoms with E-state index in [4.69, 9.17) is 9.84 Å². The summed E-state index contributed by atoms with van der Waals surface area (Å²) in [5, 5.41) is 8.97. The van der Waals surface area contributed by atoms with Crippen molar-refractivity contribution in [3.05, 3.63) is 23.5 Å². The van der Waals surface area contributed by atoms with Gasteiger partial charge in [-0.25, -0.2) is 4.79 Å². The number of pyridine rings is 1. The molecule has 4 heteroatoms. The van der Waals surface area contributed by atoms with Crippen LogP contribution in [0.5, 0.6) is 5.75 Å². The van der Waals surface area contributed by atoms with Gasteiger partial charge in [0.1, 0.15) is 11.3 Å². The molecule has 1 rings (SSSR count). The molecule has 0 fully saturated rings. The Labute approximate surface area is 95.3 Å². The molecule has 16 heavy (non-hydrogen) atoms. The van der Waals surface area contributed by atoms with E-state index in [1.165, 1.54) is 6.20 Å². The molecule has 0 bridgehead atoms. The maximum absolute atomic E-state index is 10.9. The average molecular weight is 223 g/mol. The summed E-state index contributed by atoms with van der Waals surface area (Å²) in [5.74, 6) is -0.633. The number of rotatable bonds is 3. The van der Waals surface area contributed by atoms with Crippen LogP contribution >= 0.6 is 0 Å². The lowest BCUT2D eigenvalue weighted by atomic mass is 9.91. The average Bonchev–Trinajstić information content (AvgIpc) is 2.16. The van der Waals surface area contributed by atoms with Crippen LogP contribution in [-0.2, 0) is 5.41 Å². The monoisotopic (exact) mass is 223 g/mol. The first kappa shape index (κ1) is 12.5. The third-order valence-electron chi connectivity index (χ3n) is 2.16. The van der Waals surface area contributed by atoms with Crippen LogP contribution in [0.25, 0.3) is 0 Å². The van der Waals surface area contributed by atoms with E-state index in [0.717, 1.165) is 5.69 Å². The fourth-order valence-electron chi connectivity index (χ4n) is 1.28. The van der Waals surface area contributed by atoms with Crippen LogP contribution in [0.2, 0.25) is 0 Å². The van der Waals surface area contributed by atoms with E-state index in [1.54, 1.807) is 6.07 Å². The molecule has 0 spiro atoms. The summed E-state index contributed by atoms with van der Waals surface area (Å²) in [5.41, 5.74) is 0.805. The van der Waals surface area contributed by atoms with Crippen LogP contribution in [0.4, 0.5) is 0 Å². The molecule has 0 saturated heterocycles. The first-order chi connectivity index (χ1) is 7.36. The van der Waals surface area contributed by atoms with E-state index < -0.39 is 5.97 Å². The lowest BCUT2D eigenvalue weighted by molar-refractivity contribution is 0.0692. The molecule has 0 aliphatic carbocycles. The lowest BCUT2D eigenvalue weighted by Crippen LogP contribution is -2.15. The third kappa shape index (κ3) is 2.72. The van der Waals surface area contributed by atoms with Crippen molar-refractivity contribution in [2.75, 3.05) is 6.61 Å². The largest absolute Gasteiger partial charge is 0.493 e. The second kappa shape index (κ2) is 4.51. The molecular formula is C12H17NO3. The molecule has 1 heterocycles. The quantitative estimate of drug-likeness (QED) is 0.855. The number of aromatic carboxylic acids is 1. The minimum Gasteiger partial charge on any atom is -0.493 e. The molecule has 4 nitrogen and oxygen atoms in total. The van der Waals surface area contributed by atoms with E-state index in [2.05, 4.69) is 4.98 Å². The van der Waals surface area contributed by atoms with Gasteiger partial charge in [-0.2, -0.15) is 0 Å². The summed E-state index contributed by atoms with van der Waals surface area (Å²) in [6.07, 6.45) is 1.36. The zero-order chi connectivity index (χ0) is 12.3. The van der Waals surface area contributed by atoms with Crippen molar-refractivity contribution >= 4 is 5.97 Å². The number of carboxylic acids is 1. The molecule has 0 aromatic carbocycles. The van der Waals surface area contributed by atoms with E-state index >= 15 is 0 Å². The standard InChI is InChI=1S/C12H17NO3/c1-5-16-9-6-10(12(2,3)4)13-7-8(9)11(14)15/h6-7H,5H2,1-4H3,(H,14,15). The highest BCUT2D eigenvalue weighted by molar-refractivity contribution is 5.90.